The first-order chi connectivity index (χ1) is 11.9. The van der Waals surface area contributed by atoms with Crippen molar-refractivity contribution in [1.82, 2.24) is 4.98 Å². The highest BCUT2D eigenvalue weighted by Crippen LogP contribution is 2.39. The maximum Gasteiger partial charge on any atom is 0.0352 e. The fourth-order valence-electron chi connectivity index (χ4n) is 3.64. The molecule has 0 fully saturated rings. The molecule has 0 spiro atoms. The maximum atomic E-state index is 4.39. The van der Waals surface area contributed by atoms with Gasteiger partial charge in [0, 0.05) is 17.8 Å². The van der Waals surface area contributed by atoms with Crippen LogP contribution in [0.3, 0.4) is 0 Å². The Bertz CT molecular complexity index is 1150. The monoisotopic (exact) mass is 305 g/mol. The lowest BCUT2D eigenvalue weighted by Gasteiger charge is -2.14. The Morgan fingerprint density at radius 2 is 1.25 bits per heavy atom. The summed E-state index contributed by atoms with van der Waals surface area (Å²) in [4.78, 5) is 4.39. The van der Waals surface area contributed by atoms with E-state index in [4.69, 9.17) is 0 Å². The van der Waals surface area contributed by atoms with E-state index < -0.39 is 0 Å². The van der Waals surface area contributed by atoms with Crippen LogP contribution >= 0.6 is 0 Å². The van der Waals surface area contributed by atoms with Crippen molar-refractivity contribution >= 4 is 32.3 Å². The number of hydrogen-bond acceptors (Lipinski definition) is 1. The van der Waals surface area contributed by atoms with Gasteiger partial charge in [0.15, 0.2) is 0 Å². The average Bonchev–Trinajstić information content (AvgIpc) is 2.66. The van der Waals surface area contributed by atoms with Crippen LogP contribution < -0.4 is 0 Å². The van der Waals surface area contributed by atoms with E-state index in [9.17, 15) is 0 Å². The Labute approximate surface area is 140 Å². The van der Waals surface area contributed by atoms with Gasteiger partial charge in [0.25, 0.3) is 0 Å². The number of hydrogen-bond donors (Lipinski definition) is 0. The lowest BCUT2D eigenvalue weighted by molar-refractivity contribution is 1.37. The highest BCUT2D eigenvalue weighted by molar-refractivity contribution is 6.16. The first-order valence-electron chi connectivity index (χ1n) is 8.15. The molecule has 0 atom stereocenters. The largest absolute Gasteiger partial charge is 0.264 e. The van der Waals surface area contributed by atoms with Crippen molar-refractivity contribution in [1.29, 1.82) is 0 Å². The predicted molar refractivity (Wildman–Crippen MR) is 102 cm³/mol. The highest BCUT2D eigenvalue weighted by Gasteiger charge is 2.12. The van der Waals surface area contributed by atoms with E-state index >= 15 is 0 Å². The Kier molecular flexibility index (Phi) is 2.86. The van der Waals surface area contributed by atoms with Crippen LogP contribution in [0.1, 0.15) is 0 Å². The normalized spacial score (nSPS) is 11.3. The van der Waals surface area contributed by atoms with E-state index in [2.05, 4.69) is 83.8 Å². The summed E-state index contributed by atoms with van der Waals surface area (Å²) >= 11 is 0. The Morgan fingerprint density at radius 3 is 2.17 bits per heavy atom. The topological polar surface area (TPSA) is 12.9 Å². The van der Waals surface area contributed by atoms with E-state index in [0.717, 1.165) is 0 Å². The van der Waals surface area contributed by atoms with Crippen molar-refractivity contribution in [3.05, 3.63) is 91.3 Å². The number of rotatable bonds is 1. The zero-order valence-corrected chi connectivity index (χ0v) is 13.1. The molecule has 0 bridgehead atoms. The number of nitrogens with zero attached hydrogens (tertiary/aromatic N) is 1. The number of fused-ring (bicyclic) bond motifs is 3. The summed E-state index contributed by atoms with van der Waals surface area (Å²) in [5.74, 6) is 0. The fraction of sp³-hybridized carbons (Fsp3) is 0. The number of pyridine rings is 1. The van der Waals surface area contributed by atoms with Crippen LogP contribution in [0.15, 0.2) is 91.3 Å². The standard InChI is InChI=1S/C23H15N/c1-3-9-19-16(6-1)8-5-11-21(19)23-20-10-4-2-7-17(20)14-18-12-13-24-15-22(18)23/h1-15H. The molecule has 1 heterocycles. The van der Waals surface area contributed by atoms with Crippen molar-refractivity contribution < 1.29 is 0 Å². The molecule has 4 aromatic carbocycles. The summed E-state index contributed by atoms with van der Waals surface area (Å²) in [6, 6.07) is 28.1. The van der Waals surface area contributed by atoms with Gasteiger partial charge < -0.3 is 0 Å². The molecular weight excluding hydrogens is 290 g/mol. The minimum Gasteiger partial charge on any atom is -0.264 e. The van der Waals surface area contributed by atoms with Gasteiger partial charge in [-0.25, -0.2) is 0 Å². The quantitative estimate of drug-likeness (QED) is 0.336. The molecule has 0 saturated carbocycles. The summed E-state index contributed by atoms with van der Waals surface area (Å²) in [7, 11) is 0. The van der Waals surface area contributed by atoms with E-state index in [1.807, 2.05) is 12.4 Å². The lowest BCUT2D eigenvalue weighted by Crippen LogP contribution is -1.88. The van der Waals surface area contributed by atoms with Crippen LogP contribution in [-0.4, -0.2) is 4.98 Å². The van der Waals surface area contributed by atoms with Gasteiger partial charge in [0.2, 0.25) is 0 Å². The Balaban J connectivity index is 2.04. The van der Waals surface area contributed by atoms with Gasteiger partial charge in [-0.15, -0.1) is 0 Å². The summed E-state index contributed by atoms with van der Waals surface area (Å²) in [5.41, 5.74) is 2.54. The van der Waals surface area contributed by atoms with E-state index in [1.54, 1.807) is 0 Å². The molecule has 0 unspecified atom stereocenters. The first kappa shape index (κ1) is 13.3. The second-order valence-electron chi connectivity index (χ2n) is 6.10. The molecule has 24 heavy (non-hydrogen) atoms. The summed E-state index contributed by atoms with van der Waals surface area (Å²) in [5, 5.41) is 7.51. The minimum atomic E-state index is 1.20. The second kappa shape index (κ2) is 5.17. The molecule has 5 rings (SSSR count). The predicted octanol–water partition coefficient (Wildman–Crippen LogP) is 6.21. The molecule has 1 aromatic heterocycles. The van der Waals surface area contributed by atoms with E-state index in [-0.39, 0.29) is 0 Å². The van der Waals surface area contributed by atoms with Gasteiger partial charge in [0.05, 0.1) is 0 Å². The molecule has 0 amide bonds. The molecule has 0 aliphatic rings. The minimum absolute atomic E-state index is 1.20. The third-order valence-corrected chi connectivity index (χ3v) is 4.72. The van der Waals surface area contributed by atoms with Crippen LogP contribution in [0.2, 0.25) is 0 Å². The molecule has 0 saturated heterocycles. The number of aromatic nitrogens is 1. The summed E-state index contributed by atoms with van der Waals surface area (Å²) in [6.07, 6.45) is 3.85. The number of benzene rings is 4. The molecule has 0 radical (unpaired) electrons. The molecule has 0 N–H and O–H groups in total. The SMILES string of the molecule is c1ccc2c(-c3c4ccccc4cc4ccncc34)cccc2c1. The third kappa shape index (κ3) is 1.92. The zero-order chi connectivity index (χ0) is 15.9. The molecule has 112 valence electrons. The molecule has 0 aliphatic carbocycles. The lowest BCUT2D eigenvalue weighted by atomic mass is 9.90. The van der Waals surface area contributed by atoms with Gasteiger partial charge >= 0.3 is 0 Å². The van der Waals surface area contributed by atoms with Gasteiger partial charge in [-0.1, -0.05) is 66.7 Å². The van der Waals surface area contributed by atoms with Crippen LogP contribution in [0.25, 0.3) is 43.4 Å². The van der Waals surface area contributed by atoms with Crippen molar-refractivity contribution in [3.63, 3.8) is 0 Å². The smallest absolute Gasteiger partial charge is 0.0352 e. The Morgan fingerprint density at radius 1 is 0.542 bits per heavy atom. The fourth-order valence-corrected chi connectivity index (χ4v) is 3.64. The highest BCUT2D eigenvalue weighted by atomic mass is 14.6. The summed E-state index contributed by atoms with van der Waals surface area (Å²) in [6.45, 7) is 0. The van der Waals surface area contributed by atoms with E-state index in [0.29, 0.717) is 0 Å². The maximum absolute atomic E-state index is 4.39. The first-order valence-corrected chi connectivity index (χ1v) is 8.15. The molecule has 1 nitrogen and oxygen atoms in total. The van der Waals surface area contributed by atoms with Crippen LogP contribution in [0.5, 0.6) is 0 Å². The molecule has 0 aliphatic heterocycles. The van der Waals surface area contributed by atoms with Gasteiger partial charge in [-0.2, -0.15) is 0 Å². The van der Waals surface area contributed by atoms with E-state index in [1.165, 1.54) is 43.4 Å². The van der Waals surface area contributed by atoms with Gasteiger partial charge in [-0.05, 0) is 50.2 Å². The van der Waals surface area contributed by atoms with Crippen molar-refractivity contribution in [2.24, 2.45) is 0 Å². The van der Waals surface area contributed by atoms with Crippen molar-refractivity contribution in [2.75, 3.05) is 0 Å². The van der Waals surface area contributed by atoms with Crippen LogP contribution in [0.4, 0.5) is 0 Å². The second-order valence-corrected chi connectivity index (χ2v) is 6.10. The van der Waals surface area contributed by atoms with Crippen molar-refractivity contribution in [3.8, 4) is 11.1 Å². The average molecular weight is 305 g/mol. The van der Waals surface area contributed by atoms with Gasteiger partial charge in [-0.3, -0.25) is 4.98 Å². The van der Waals surface area contributed by atoms with Crippen molar-refractivity contribution in [2.45, 2.75) is 0 Å². The van der Waals surface area contributed by atoms with Crippen LogP contribution in [0, 0.1) is 0 Å². The van der Waals surface area contributed by atoms with Gasteiger partial charge in [0.1, 0.15) is 0 Å². The molecule has 5 aromatic rings. The Hall–Kier alpha value is -3.19. The molecule has 1 heteroatoms. The molecular formula is C23H15N. The summed E-state index contributed by atoms with van der Waals surface area (Å²) < 4.78 is 0. The zero-order valence-electron chi connectivity index (χ0n) is 13.1. The third-order valence-electron chi connectivity index (χ3n) is 4.72. The van der Waals surface area contributed by atoms with Crippen LogP contribution in [-0.2, 0) is 0 Å².